The standard InChI is InChI=1S/C18H16N2O5S2/c1-11-14-7-2-3-8-15(14)26-17(11)18(22)25-10-16(21)20-12-5-4-6-13(9-12)27(19,23)24/h2-9H,10H2,1H3,(H,20,21)(H2,19,23,24). The van der Waals surface area contributed by atoms with E-state index in [1.54, 1.807) is 0 Å². The van der Waals surface area contributed by atoms with Gasteiger partial charge in [-0.2, -0.15) is 0 Å². The molecule has 1 aromatic heterocycles. The summed E-state index contributed by atoms with van der Waals surface area (Å²) in [6.45, 7) is 1.33. The van der Waals surface area contributed by atoms with Gasteiger partial charge in [-0.25, -0.2) is 18.4 Å². The number of thiophene rings is 1. The predicted molar refractivity (Wildman–Crippen MR) is 103 cm³/mol. The van der Waals surface area contributed by atoms with Crippen molar-refractivity contribution in [3.05, 3.63) is 59.0 Å². The van der Waals surface area contributed by atoms with Crippen molar-refractivity contribution in [3.8, 4) is 0 Å². The first-order valence-electron chi connectivity index (χ1n) is 7.83. The number of fused-ring (bicyclic) bond motifs is 1. The molecule has 0 atom stereocenters. The third-order valence-electron chi connectivity index (χ3n) is 3.81. The van der Waals surface area contributed by atoms with E-state index in [2.05, 4.69) is 5.32 Å². The van der Waals surface area contributed by atoms with Crippen LogP contribution in [0.25, 0.3) is 10.1 Å². The summed E-state index contributed by atoms with van der Waals surface area (Å²) in [5, 5.41) is 8.50. The molecule has 0 aliphatic rings. The molecule has 2 aromatic carbocycles. The molecule has 1 heterocycles. The fourth-order valence-corrected chi connectivity index (χ4v) is 4.18. The van der Waals surface area contributed by atoms with Gasteiger partial charge in [0.15, 0.2) is 6.61 Å². The average molecular weight is 404 g/mol. The average Bonchev–Trinajstić information content (AvgIpc) is 2.96. The molecule has 0 saturated heterocycles. The van der Waals surface area contributed by atoms with Crippen LogP contribution in [0.5, 0.6) is 0 Å². The summed E-state index contributed by atoms with van der Waals surface area (Å²) < 4.78 is 28.7. The third kappa shape index (κ3) is 4.33. The molecule has 0 unspecified atom stereocenters. The molecule has 7 nitrogen and oxygen atoms in total. The fourth-order valence-electron chi connectivity index (χ4n) is 2.51. The number of carbonyl (C=O) groups is 2. The number of rotatable bonds is 5. The minimum Gasteiger partial charge on any atom is -0.451 e. The molecule has 3 N–H and O–H groups in total. The van der Waals surface area contributed by atoms with Gasteiger partial charge in [0.2, 0.25) is 10.0 Å². The van der Waals surface area contributed by atoms with Gasteiger partial charge >= 0.3 is 5.97 Å². The largest absolute Gasteiger partial charge is 0.451 e. The van der Waals surface area contributed by atoms with Crippen LogP contribution in [0.3, 0.4) is 0 Å². The Labute approximate surface area is 159 Å². The van der Waals surface area contributed by atoms with Crippen LogP contribution in [0.15, 0.2) is 53.4 Å². The van der Waals surface area contributed by atoms with Crippen molar-refractivity contribution in [2.45, 2.75) is 11.8 Å². The molecular weight excluding hydrogens is 388 g/mol. The van der Waals surface area contributed by atoms with Crippen molar-refractivity contribution in [1.82, 2.24) is 0 Å². The van der Waals surface area contributed by atoms with E-state index in [0.29, 0.717) is 4.88 Å². The second kappa shape index (κ2) is 7.47. The molecule has 0 spiro atoms. The fraction of sp³-hybridized carbons (Fsp3) is 0.111. The topological polar surface area (TPSA) is 116 Å². The van der Waals surface area contributed by atoms with Gasteiger partial charge in [0.05, 0.1) is 4.90 Å². The van der Waals surface area contributed by atoms with Crippen LogP contribution in [-0.2, 0) is 19.6 Å². The Bertz CT molecular complexity index is 1140. The zero-order chi connectivity index (χ0) is 19.6. The Balaban J connectivity index is 1.65. The van der Waals surface area contributed by atoms with Crippen molar-refractivity contribution in [2.24, 2.45) is 5.14 Å². The highest BCUT2D eigenvalue weighted by Gasteiger charge is 2.18. The first kappa shape index (κ1) is 19.0. The highest BCUT2D eigenvalue weighted by atomic mass is 32.2. The highest BCUT2D eigenvalue weighted by molar-refractivity contribution is 7.89. The number of esters is 1. The van der Waals surface area contributed by atoms with Crippen LogP contribution in [0, 0.1) is 6.92 Å². The van der Waals surface area contributed by atoms with Crippen LogP contribution < -0.4 is 10.5 Å². The van der Waals surface area contributed by atoms with Crippen molar-refractivity contribution >= 4 is 49.0 Å². The van der Waals surface area contributed by atoms with Crippen LogP contribution in [0.1, 0.15) is 15.2 Å². The number of anilines is 1. The minimum atomic E-state index is -3.88. The molecule has 3 aromatic rings. The molecule has 1 amide bonds. The summed E-state index contributed by atoms with van der Waals surface area (Å²) in [6.07, 6.45) is 0. The van der Waals surface area contributed by atoms with Gasteiger partial charge in [-0.1, -0.05) is 24.3 Å². The van der Waals surface area contributed by atoms with E-state index in [0.717, 1.165) is 15.6 Å². The van der Waals surface area contributed by atoms with Crippen LogP contribution in [0.2, 0.25) is 0 Å². The maximum Gasteiger partial charge on any atom is 0.349 e. The van der Waals surface area contributed by atoms with Crippen LogP contribution >= 0.6 is 11.3 Å². The van der Waals surface area contributed by atoms with Crippen LogP contribution in [-0.4, -0.2) is 26.9 Å². The maximum absolute atomic E-state index is 12.3. The van der Waals surface area contributed by atoms with Gasteiger partial charge in [0, 0.05) is 10.4 Å². The van der Waals surface area contributed by atoms with E-state index in [1.165, 1.54) is 35.6 Å². The maximum atomic E-state index is 12.3. The second-order valence-corrected chi connectivity index (χ2v) is 8.36. The number of ether oxygens (including phenoxy) is 1. The van der Waals surface area contributed by atoms with E-state index < -0.39 is 28.5 Å². The van der Waals surface area contributed by atoms with Gasteiger partial charge < -0.3 is 10.1 Å². The Hall–Kier alpha value is -2.75. The van der Waals surface area contributed by atoms with Gasteiger partial charge in [0.1, 0.15) is 4.88 Å². The molecule has 0 saturated carbocycles. The predicted octanol–water partition coefficient (Wildman–Crippen LogP) is 2.65. The number of sulfonamides is 1. The number of carbonyl (C=O) groups excluding carboxylic acids is 2. The first-order valence-corrected chi connectivity index (χ1v) is 10.2. The van der Waals surface area contributed by atoms with E-state index in [-0.39, 0.29) is 10.6 Å². The summed E-state index contributed by atoms with van der Waals surface area (Å²) in [5.74, 6) is -1.17. The van der Waals surface area contributed by atoms with Crippen molar-refractivity contribution in [1.29, 1.82) is 0 Å². The smallest absolute Gasteiger partial charge is 0.349 e. The molecule has 0 aliphatic heterocycles. The van der Waals surface area contributed by atoms with Crippen molar-refractivity contribution in [2.75, 3.05) is 11.9 Å². The van der Waals surface area contributed by atoms with E-state index in [9.17, 15) is 18.0 Å². The Kier molecular flexibility index (Phi) is 5.26. The molecular formula is C18H16N2O5S2. The lowest BCUT2D eigenvalue weighted by Crippen LogP contribution is -2.21. The highest BCUT2D eigenvalue weighted by Crippen LogP contribution is 2.30. The SMILES string of the molecule is Cc1c(C(=O)OCC(=O)Nc2cccc(S(N)(=O)=O)c2)sc2ccccc12. The van der Waals surface area contributed by atoms with E-state index in [1.807, 2.05) is 31.2 Å². The molecule has 0 bridgehead atoms. The van der Waals surface area contributed by atoms with Gasteiger partial charge in [-0.15, -0.1) is 11.3 Å². The van der Waals surface area contributed by atoms with Gasteiger partial charge in [-0.3, -0.25) is 4.79 Å². The van der Waals surface area contributed by atoms with Crippen LogP contribution in [0.4, 0.5) is 5.69 Å². The van der Waals surface area contributed by atoms with Gasteiger partial charge in [-0.05, 0) is 42.1 Å². The summed E-state index contributed by atoms with van der Waals surface area (Å²) in [5.41, 5.74) is 1.04. The third-order valence-corrected chi connectivity index (χ3v) is 5.97. The Morgan fingerprint density at radius 3 is 2.59 bits per heavy atom. The van der Waals surface area contributed by atoms with E-state index in [4.69, 9.17) is 9.88 Å². The summed E-state index contributed by atoms with van der Waals surface area (Å²) in [6, 6.07) is 13.1. The lowest BCUT2D eigenvalue weighted by atomic mass is 10.1. The van der Waals surface area contributed by atoms with E-state index >= 15 is 0 Å². The quantitative estimate of drug-likeness (QED) is 0.634. The molecule has 0 fully saturated rings. The van der Waals surface area contributed by atoms with Crippen molar-refractivity contribution in [3.63, 3.8) is 0 Å². The molecule has 140 valence electrons. The lowest BCUT2D eigenvalue weighted by Gasteiger charge is -2.07. The number of primary sulfonamides is 1. The number of benzene rings is 2. The monoisotopic (exact) mass is 404 g/mol. The number of nitrogens with one attached hydrogen (secondary N) is 1. The van der Waals surface area contributed by atoms with Gasteiger partial charge in [0.25, 0.3) is 5.91 Å². The lowest BCUT2D eigenvalue weighted by molar-refractivity contribution is -0.119. The molecule has 9 heteroatoms. The first-order chi connectivity index (χ1) is 12.8. The zero-order valence-electron chi connectivity index (χ0n) is 14.3. The second-order valence-electron chi connectivity index (χ2n) is 5.75. The summed E-state index contributed by atoms with van der Waals surface area (Å²) in [4.78, 5) is 24.6. The van der Waals surface area contributed by atoms with Crippen molar-refractivity contribution < 1.29 is 22.7 Å². The molecule has 3 rings (SSSR count). The molecule has 27 heavy (non-hydrogen) atoms. The Morgan fingerprint density at radius 2 is 1.89 bits per heavy atom. The number of aryl methyl sites for hydroxylation is 1. The number of hydrogen-bond acceptors (Lipinski definition) is 6. The Morgan fingerprint density at radius 1 is 1.15 bits per heavy atom. The molecule has 0 radical (unpaired) electrons. The molecule has 0 aliphatic carbocycles. The zero-order valence-corrected chi connectivity index (χ0v) is 15.9. The number of hydrogen-bond donors (Lipinski definition) is 2. The normalized spacial score (nSPS) is 11.3. The summed E-state index contributed by atoms with van der Waals surface area (Å²) >= 11 is 1.31. The number of nitrogens with two attached hydrogens (primary N) is 1. The number of amides is 1. The summed E-state index contributed by atoms with van der Waals surface area (Å²) in [7, 11) is -3.88. The minimum absolute atomic E-state index is 0.127.